The van der Waals surface area contributed by atoms with Gasteiger partial charge in [-0.1, -0.05) is 6.92 Å². The largest absolute Gasteiger partial charge is 0.440 e. The Hall–Kier alpha value is -3.33. The van der Waals surface area contributed by atoms with E-state index in [1.807, 2.05) is 31.2 Å². The van der Waals surface area contributed by atoms with Crippen molar-refractivity contribution in [2.24, 2.45) is 5.92 Å². The van der Waals surface area contributed by atoms with Crippen molar-refractivity contribution >= 4 is 40.8 Å². The lowest BCUT2D eigenvalue weighted by atomic mass is 10.0. The van der Waals surface area contributed by atoms with Gasteiger partial charge in [0.2, 0.25) is 5.91 Å². The highest BCUT2D eigenvalue weighted by Gasteiger charge is 2.51. The lowest BCUT2D eigenvalue weighted by Gasteiger charge is -2.25. The van der Waals surface area contributed by atoms with Gasteiger partial charge in [0.1, 0.15) is 6.04 Å². The number of benzene rings is 1. The second-order valence-corrected chi connectivity index (χ2v) is 10.9. The summed E-state index contributed by atoms with van der Waals surface area (Å²) in [6.07, 6.45) is 3.88. The van der Waals surface area contributed by atoms with E-state index in [-0.39, 0.29) is 59.4 Å². The van der Waals surface area contributed by atoms with Gasteiger partial charge >= 0.3 is 0 Å². The van der Waals surface area contributed by atoms with Crippen LogP contribution in [-0.2, 0) is 9.59 Å². The summed E-state index contributed by atoms with van der Waals surface area (Å²) in [6.45, 7) is 4.93. The molecule has 1 aromatic carbocycles. The molecule has 3 atom stereocenters. The number of nitrogens with one attached hydrogen (secondary N) is 1. The Morgan fingerprint density at radius 2 is 1.79 bits per heavy atom. The van der Waals surface area contributed by atoms with Crippen molar-refractivity contribution in [3.63, 3.8) is 0 Å². The molecule has 3 fully saturated rings. The van der Waals surface area contributed by atoms with Crippen molar-refractivity contribution in [1.82, 2.24) is 15.1 Å². The van der Waals surface area contributed by atoms with Crippen molar-refractivity contribution in [2.75, 3.05) is 37.6 Å². The standard InChI is InChI=1S/C28H33ClN4O5/c1-18(10-12-30-27(36)19-4-6-20(7-5-19)31-13-2-3-14-31)16-25(35)32-15-11-21-26(32)22(34)17-33(21)28(37)23-8-9-24(29)38-23/h4-9,18,21,26H,2-3,10-17H2,1H3,(H,30,36). The van der Waals surface area contributed by atoms with E-state index in [1.54, 1.807) is 4.90 Å². The zero-order chi connectivity index (χ0) is 26.8. The van der Waals surface area contributed by atoms with E-state index in [9.17, 15) is 19.2 Å². The molecule has 0 radical (unpaired) electrons. The first-order chi connectivity index (χ1) is 18.3. The highest BCUT2D eigenvalue weighted by atomic mass is 35.5. The lowest BCUT2D eigenvalue weighted by molar-refractivity contribution is -0.137. The van der Waals surface area contributed by atoms with Crippen LogP contribution in [0.3, 0.4) is 0 Å². The number of fused-ring (bicyclic) bond motifs is 1. The summed E-state index contributed by atoms with van der Waals surface area (Å²) >= 11 is 5.79. The second kappa shape index (κ2) is 11.2. The smallest absolute Gasteiger partial charge is 0.290 e. The average Bonchev–Trinajstić information content (AvgIpc) is 3.70. The number of Topliss-reactive ketones (excluding diaryl/α,β-unsaturated/α-hetero) is 1. The molecular formula is C28H33ClN4O5. The first-order valence-electron chi connectivity index (χ1n) is 13.3. The lowest BCUT2D eigenvalue weighted by Crippen LogP contribution is -2.44. The monoisotopic (exact) mass is 540 g/mol. The molecule has 3 aliphatic rings. The molecule has 3 aliphatic heterocycles. The van der Waals surface area contributed by atoms with E-state index in [2.05, 4.69) is 10.2 Å². The number of hydrogen-bond donors (Lipinski definition) is 1. The molecule has 3 unspecified atom stereocenters. The molecule has 3 amide bonds. The third-order valence-electron chi connectivity index (χ3n) is 7.83. The number of amides is 3. The predicted molar refractivity (Wildman–Crippen MR) is 142 cm³/mol. The summed E-state index contributed by atoms with van der Waals surface area (Å²) in [5.74, 6) is -0.634. The molecule has 2 aromatic rings. The number of anilines is 1. The van der Waals surface area contributed by atoms with Crippen LogP contribution in [0, 0.1) is 5.92 Å². The first kappa shape index (κ1) is 26.3. The fraction of sp³-hybridized carbons (Fsp3) is 0.500. The van der Waals surface area contributed by atoms with Gasteiger partial charge in [-0.25, -0.2) is 0 Å². The van der Waals surface area contributed by atoms with Gasteiger partial charge in [-0.05, 0) is 79.6 Å². The topological polar surface area (TPSA) is 103 Å². The number of ketones is 1. The Morgan fingerprint density at radius 1 is 1.05 bits per heavy atom. The van der Waals surface area contributed by atoms with Crippen LogP contribution < -0.4 is 10.2 Å². The maximum absolute atomic E-state index is 13.1. The molecule has 0 saturated carbocycles. The molecular weight excluding hydrogens is 508 g/mol. The molecule has 202 valence electrons. The Morgan fingerprint density at radius 3 is 2.47 bits per heavy atom. The van der Waals surface area contributed by atoms with E-state index < -0.39 is 6.04 Å². The Balaban J connectivity index is 1.08. The number of carbonyl (C=O) groups is 4. The molecule has 3 saturated heterocycles. The molecule has 4 heterocycles. The quantitative estimate of drug-likeness (QED) is 0.550. The van der Waals surface area contributed by atoms with Crippen LogP contribution in [-0.4, -0.2) is 78.1 Å². The van der Waals surface area contributed by atoms with E-state index in [1.165, 1.54) is 29.9 Å². The number of nitrogens with zero attached hydrogens (tertiary/aromatic N) is 3. The van der Waals surface area contributed by atoms with Crippen molar-refractivity contribution < 1.29 is 23.6 Å². The van der Waals surface area contributed by atoms with Crippen molar-refractivity contribution in [3.05, 3.63) is 52.9 Å². The molecule has 10 heteroatoms. The van der Waals surface area contributed by atoms with Gasteiger partial charge in [-0.3, -0.25) is 19.2 Å². The van der Waals surface area contributed by atoms with E-state index >= 15 is 0 Å². The third kappa shape index (κ3) is 5.43. The van der Waals surface area contributed by atoms with Gasteiger partial charge in [-0.2, -0.15) is 0 Å². The van der Waals surface area contributed by atoms with E-state index in [0.717, 1.165) is 18.8 Å². The van der Waals surface area contributed by atoms with E-state index in [0.29, 0.717) is 31.5 Å². The SMILES string of the molecule is CC(CCNC(=O)c1ccc(N2CCCC2)cc1)CC(=O)N1CCC2C1C(=O)CN2C(=O)c1ccc(Cl)o1. The molecule has 5 rings (SSSR count). The maximum Gasteiger partial charge on any atom is 0.290 e. The second-order valence-electron chi connectivity index (χ2n) is 10.5. The molecule has 0 spiro atoms. The average molecular weight is 541 g/mol. The van der Waals surface area contributed by atoms with Gasteiger partial charge in [0.15, 0.2) is 16.8 Å². The summed E-state index contributed by atoms with van der Waals surface area (Å²) < 4.78 is 5.23. The number of hydrogen-bond acceptors (Lipinski definition) is 6. The van der Waals surface area contributed by atoms with Crippen LogP contribution in [0.1, 0.15) is 59.9 Å². The van der Waals surface area contributed by atoms with Gasteiger partial charge < -0.3 is 24.4 Å². The number of likely N-dealkylation sites (tertiary alicyclic amines) is 2. The fourth-order valence-corrected chi connectivity index (χ4v) is 5.94. The minimum absolute atomic E-state index is 0.0268. The third-order valence-corrected chi connectivity index (χ3v) is 8.04. The minimum atomic E-state index is -0.618. The molecule has 1 N–H and O–H groups in total. The number of furan rings is 1. The molecule has 0 bridgehead atoms. The van der Waals surface area contributed by atoms with Crippen LogP contribution in [0.2, 0.25) is 5.22 Å². The minimum Gasteiger partial charge on any atom is -0.440 e. The zero-order valence-electron chi connectivity index (χ0n) is 21.5. The Bertz CT molecular complexity index is 1210. The van der Waals surface area contributed by atoms with Gasteiger partial charge in [0.05, 0.1) is 12.6 Å². The summed E-state index contributed by atoms with van der Waals surface area (Å²) in [5, 5.41) is 3.06. The molecule has 38 heavy (non-hydrogen) atoms. The number of rotatable bonds is 8. The highest BCUT2D eigenvalue weighted by Crippen LogP contribution is 2.32. The normalized spacial score (nSPS) is 21.6. The molecule has 0 aliphatic carbocycles. The predicted octanol–water partition coefficient (Wildman–Crippen LogP) is 3.37. The van der Waals surface area contributed by atoms with Crippen molar-refractivity contribution in [1.29, 1.82) is 0 Å². The Kier molecular flexibility index (Phi) is 7.74. The Labute approximate surface area is 227 Å². The first-order valence-corrected chi connectivity index (χ1v) is 13.7. The van der Waals surface area contributed by atoms with Crippen LogP contribution in [0.4, 0.5) is 5.69 Å². The van der Waals surface area contributed by atoms with Gasteiger partial charge in [-0.15, -0.1) is 0 Å². The van der Waals surface area contributed by atoms with Crippen LogP contribution in [0.25, 0.3) is 0 Å². The highest BCUT2D eigenvalue weighted by molar-refractivity contribution is 6.29. The number of carbonyl (C=O) groups excluding carboxylic acids is 4. The summed E-state index contributed by atoms with van der Waals surface area (Å²) in [5.41, 5.74) is 1.77. The summed E-state index contributed by atoms with van der Waals surface area (Å²) in [7, 11) is 0. The van der Waals surface area contributed by atoms with Crippen LogP contribution >= 0.6 is 11.6 Å². The number of halogens is 1. The maximum atomic E-state index is 13.1. The zero-order valence-corrected chi connectivity index (χ0v) is 22.3. The molecule has 9 nitrogen and oxygen atoms in total. The summed E-state index contributed by atoms with van der Waals surface area (Å²) in [4.78, 5) is 56.7. The van der Waals surface area contributed by atoms with Crippen LogP contribution in [0.15, 0.2) is 40.8 Å². The van der Waals surface area contributed by atoms with Gasteiger partial charge in [0.25, 0.3) is 11.8 Å². The molecule has 1 aromatic heterocycles. The fourth-order valence-electron chi connectivity index (χ4n) is 5.79. The van der Waals surface area contributed by atoms with Crippen molar-refractivity contribution in [2.45, 2.75) is 51.1 Å². The van der Waals surface area contributed by atoms with Gasteiger partial charge in [0, 0.05) is 43.9 Å². The van der Waals surface area contributed by atoms with E-state index in [4.69, 9.17) is 16.0 Å². The summed E-state index contributed by atoms with van der Waals surface area (Å²) in [6, 6.07) is 9.70. The van der Waals surface area contributed by atoms with Crippen LogP contribution in [0.5, 0.6) is 0 Å². The van der Waals surface area contributed by atoms with Crippen molar-refractivity contribution in [3.8, 4) is 0 Å².